The van der Waals surface area contributed by atoms with Gasteiger partial charge in [0, 0.05) is 12.6 Å². The minimum Gasteiger partial charge on any atom is -0.348 e. The number of rotatable bonds is 4. The van der Waals surface area contributed by atoms with Crippen molar-refractivity contribution in [3.05, 3.63) is 35.9 Å². The van der Waals surface area contributed by atoms with E-state index >= 15 is 0 Å². The van der Waals surface area contributed by atoms with Crippen LogP contribution in [-0.2, 0) is 4.79 Å². The molecule has 112 valence electrons. The Hall–Kier alpha value is -1.10. The van der Waals surface area contributed by atoms with E-state index in [2.05, 4.69) is 10.2 Å². The Morgan fingerprint density at radius 2 is 2.15 bits per heavy atom. The molecule has 5 heteroatoms. The zero-order valence-corrected chi connectivity index (χ0v) is 12.7. The maximum Gasteiger partial charge on any atom is 0.234 e. The van der Waals surface area contributed by atoms with Gasteiger partial charge in [-0.15, -0.1) is 12.4 Å². The lowest BCUT2D eigenvalue weighted by atomic mass is 10.1. The van der Waals surface area contributed by atoms with Crippen LogP contribution in [0.3, 0.4) is 0 Å². The van der Waals surface area contributed by atoms with Gasteiger partial charge in [0.1, 0.15) is 0 Å². The summed E-state index contributed by atoms with van der Waals surface area (Å²) in [4.78, 5) is 14.1. The van der Waals surface area contributed by atoms with E-state index in [0.717, 1.165) is 31.5 Å². The molecule has 0 aliphatic carbocycles. The molecule has 0 bridgehead atoms. The molecule has 0 aromatic heterocycles. The molecule has 1 amide bonds. The molecule has 1 aromatic carbocycles. The van der Waals surface area contributed by atoms with E-state index in [-0.39, 0.29) is 30.4 Å². The van der Waals surface area contributed by atoms with Gasteiger partial charge < -0.3 is 11.1 Å². The summed E-state index contributed by atoms with van der Waals surface area (Å²) in [6, 6.07) is 10.3. The molecule has 1 aliphatic rings. The second-order valence-electron chi connectivity index (χ2n) is 5.34. The number of likely N-dealkylation sites (tertiary alicyclic amines) is 1. The Bertz CT molecular complexity index is 413. The lowest BCUT2D eigenvalue weighted by Crippen LogP contribution is -2.47. The molecular formula is C15H24ClN3O. The second kappa shape index (κ2) is 8.25. The molecule has 2 rings (SSSR count). The van der Waals surface area contributed by atoms with Crippen molar-refractivity contribution in [2.75, 3.05) is 19.6 Å². The highest BCUT2D eigenvalue weighted by Crippen LogP contribution is 2.12. The predicted octanol–water partition coefficient (Wildman–Crippen LogP) is 1.71. The molecule has 1 heterocycles. The quantitative estimate of drug-likeness (QED) is 0.889. The normalized spacial score (nSPS) is 20.8. The van der Waals surface area contributed by atoms with Crippen molar-refractivity contribution in [1.82, 2.24) is 10.2 Å². The third-order valence-corrected chi connectivity index (χ3v) is 3.59. The maximum absolute atomic E-state index is 12.0. The number of carbonyl (C=O) groups is 1. The predicted molar refractivity (Wildman–Crippen MR) is 83.9 cm³/mol. The molecule has 1 aromatic rings. The van der Waals surface area contributed by atoms with Crippen molar-refractivity contribution in [1.29, 1.82) is 0 Å². The summed E-state index contributed by atoms with van der Waals surface area (Å²) in [7, 11) is 0. The monoisotopic (exact) mass is 297 g/mol. The third-order valence-electron chi connectivity index (χ3n) is 3.59. The Labute approximate surface area is 127 Å². The van der Waals surface area contributed by atoms with E-state index in [0.29, 0.717) is 6.54 Å². The molecule has 0 spiro atoms. The topological polar surface area (TPSA) is 58.4 Å². The molecular weight excluding hydrogens is 274 g/mol. The van der Waals surface area contributed by atoms with Gasteiger partial charge in [-0.1, -0.05) is 30.3 Å². The van der Waals surface area contributed by atoms with Gasteiger partial charge in [-0.2, -0.15) is 0 Å². The summed E-state index contributed by atoms with van der Waals surface area (Å²) < 4.78 is 0. The van der Waals surface area contributed by atoms with Crippen molar-refractivity contribution in [2.45, 2.75) is 31.8 Å². The third kappa shape index (κ3) is 5.12. The Kier molecular flexibility index (Phi) is 6.99. The van der Waals surface area contributed by atoms with Gasteiger partial charge in [-0.25, -0.2) is 0 Å². The number of halogens is 1. The second-order valence-corrected chi connectivity index (χ2v) is 5.34. The van der Waals surface area contributed by atoms with Gasteiger partial charge in [-0.3, -0.25) is 9.69 Å². The minimum absolute atomic E-state index is 0. The van der Waals surface area contributed by atoms with Crippen molar-refractivity contribution >= 4 is 18.3 Å². The Morgan fingerprint density at radius 3 is 2.80 bits per heavy atom. The molecule has 2 unspecified atom stereocenters. The molecule has 1 saturated heterocycles. The molecule has 4 nitrogen and oxygen atoms in total. The summed E-state index contributed by atoms with van der Waals surface area (Å²) in [5.41, 5.74) is 7.05. The number of hydrogen-bond acceptors (Lipinski definition) is 3. The van der Waals surface area contributed by atoms with Crippen LogP contribution in [0.25, 0.3) is 0 Å². The number of amides is 1. The molecule has 1 fully saturated rings. The highest BCUT2D eigenvalue weighted by atomic mass is 35.5. The number of nitrogens with one attached hydrogen (secondary N) is 1. The van der Waals surface area contributed by atoms with Crippen LogP contribution in [0.5, 0.6) is 0 Å². The van der Waals surface area contributed by atoms with E-state index in [4.69, 9.17) is 5.73 Å². The first-order valence-corrected chi connectivity index (χ1v) is 6.97. The van der Waals surface area contributed by atoms with Gasteiger partial charge >= 0.3 is 0 Å². The smallest absolute Gasteiger partial charge is 0.234 e. The first kappa shape index (κ1) is 17.0. The number of benzene rings is 1. The summed E-state index contributed by atoms with van der Waals surface area (Å²) >= 11 is 0. The molecule has 2 atom stereocenters. The molecule has 0 radical (unpaired) electrons. The van der Waals surface area contributed by atoms with E-state index in [1.54, 1.807) is 0 Å². The van der Waals surface area contributed by atoms with Crippen molar-refractivity contribution in [2.24, 2.45) is 5.73 Å². The van der Waals surface area contributed by atoms with Gasteiger partial charge in [0.15, 0.2) is 0 Å². The van der Waals surface area contributed by atoms with Crippen LogP contribution in [0.2, 0.25) is 0 Å². The fourth-order valence-electron chi connectivity index (χ4n) is 2.55. The zero-order chi connectivity index (χ0) is 13.7. The Balaban J connectivity index is 0.00000200. The van der Waals surface area contributed by atoms with E-state index < -0.39 is 0 Å². The van der Waals surface area contributed by atoms with Crippen LogP contribution in [0, 0.1) is 0 Å². The fourth-order valence-corrected chi connectivity index (χ4v) is 2.55. The van der Waals surface area contributed by atoms with Crippen molar-refractivity contribution in [3.8, 4) is 0 Å². The number of piperidine rings is 1. The zero-order valence-electron chi connectivity index (χ0n) is 11.9. The Morgan fingerprint density at radius 1 is 1.45 bits per heavy atom. The standard InChI is InChI=1S/C15H23N3O.ClH/c1-12(13-6-3-2-4-7-13)17-15(19)11-18-9-5-8-14(16)10-18;/h2-4,6-7,12,14H,5,8-11,16H2,1H3,(H,17,19);1H. The van der Waals surface area contributed by atoms with E-state index in [1.165, 1.54) is 0 Å². The highest BCUT2D eigenvalue weighted by molar-refractivity contribution is 5.85. The summed E-state index contributed by atoms with van der Waals surface area (Å²) in [6.07, 6.45) is 2.15. The number of carbonyl (C=O) groups excluding carboxylic acids is 1. The molecule has 1 aliphatic heterocycles. The molecule has 3 N–H and O–H groups in total. The van der Waals surface area contributed by atoms with Crippen LogP contribution < -0.4 is 11.1 Å². The van der Waals surface area contributed by atoms with E-state index in [1.807, 2.05) is 37.3 Å². The van der Waals surface area contributed by atoms with Crippen LogP contribution in [0.1, 0.15) is 31.4 Å². The van der Waals surface area contributed by atoms with Gasteiger partial charge in [0.05, 0.1) is 12.6 Å². The lowest BCUT2D eigenvalue weighted by Gasteiger charge is -2.30. The van der Waals surface area contributed by atoms with Crippen LogP contribution in [0.4, 0.5) is 0 Å². The lowest BCUT2D eigenvalue weighted by molar-refractivity contribution is -0.123. The molecule has 0 saturated carbocycles. The highest BCUT2D eigenvalue weighted by Gasteiger charge is 2.19. The van der Waals surface area contributed by atoms with Gasteiger partial charge in [0.2, 0.25) is 5.91 Å². The largest absolute Gasteiger partial charge is 0.348 e. The first-order valence-electron chi connectivity index (χ1n) is 6.97. The minimum atomic E-state index is 0. The fraction of sp³-hybridized carbons (Fsp3) is 0.533. The SMILES string of the molecule is CC(NC(=O)CN1CCCC(N)C1)c1ccccc1.Cl. The first-order chi connectivity index (χ1) is 9.15. The average Bonchev–Trinajstić information content (AvgIpc) is 2.39. The van der Waals surface area contributed by atoms with Crippen molar-refractivity contribution in [3.63, 3.8) is 0 Å². The number of hydrogen-bond donors (Lipinski definition) is 2. The van der Waals surface area contributed by atoms with Crippen molar-refractivity contribution < 1.29 is 4.79 Å². The number of nitrogens with zero attached hydrogens (tertiary/aromatic N) is 1. The maximum atomic E-state index is 12.0. The van der Waals surface area contributed by atoms with Crippen LogP contribution >= 0.6 is 12.4 Å². The number of nitrogens with two attached hydrogens (primary N) is 1. The van der Waals surface area contributed by atoms with E-state index in [9.17, 15) is 4.79 Å². The summed E-state index contributed by atoms with van der Waals surface area (Å²) in [5, 5.41) is 3.04. The van der Waals surface area contributed by atoms with Gasteiger partial charge in [-0.05, 0) is 31.9 Å². The summed E-state index contributed by atoms with van der Waals surface area (Å²) in [6.45, 7) is 4.26. The van der Waals surface area contributed by atoms with Crippen LogP contribution in [0.15, 0.2) is 30.3 Å². The van der Waals surface area contributed by atoms with Gasteiger partial charge in [0.25, 0.3) is 0 Å². The van der Waals surface area contributed by atoms with Crippen LogP contribution in [-0.4, -0.2) is 36.5 Å². The summed E-state index contributed by atoms with van der Waals surface area (Å²) in [5.74, 6) is 0.0745. The average molecular weight is 298 g/mol. The molecule has 20 heavy (non-hydrogen) atoms.